The van der Waals surface area contributed by atoms with Gasteiger partial charge in [0.25, 0.3) is 0 Å². The lowest BCUT2D eigenvalue weighted by molar-refractivity contribution is -0.178. The molecule has 13 heteroatoms. The molecule has 0 bridgehead atoms. The van der Waals surface area contributed by atoms with Crippen LogP contribution in [-0.4, -0.2) is 65.7 Å². The van der Waals surface area contributed by atoms with Crippen LogP contribution in [0.2, 0.25) is 15.1 Å². The Morgan fingerprint density at radius 2 is 1.91 bits per heavy atom. The van der Waals surface area contributed by atoms with Gasteiger partial charge in [-0.15, -0.1) is 5.10 Å². The van der Waals surface area contributed by atoms with Crippen LogP contribution in [0.3, 0.4) is 0 Å². The molecule has 5 atom stereocenters. The van der Waals surface area contributed by atoms with E-state index in [0.29, 0.717) is 15.5 Å². The van der Waals surface area contributed by atoms with Gasteiger partial charge in [-0.25, -0.2) is 9.07 Å². The molecule has 1 aliphatic heterocycles. The van der Waals surface area contributed by atoms with Gasteiger partial charge in [-0.05, 0) is 18.2 Å². The topological polar surface area (TPSA) is 114 Å². The van der Waals surface area contributed by atoms with E-state index in [1.165, 1.54) is 23.1 Å². The second-order valence-electron chi connectivity index (χ2n) is 6.99. The molecule has 1 aromatic carbocycles. The number of pyridine rings is 1. The smallest absolute Gasteiger partial charge is 0.143 e. The molecule has 3 N–H and O–H groups in total. The summed E-state index contributed by atoms with van der Waals surface area (Å²) in [6.45, 7) is -0.491. The number of benzene rings is 1. The van der Waals surface area contributed by atoms with E-state index in [0.717, 1.165) is 17.8 Å². The standard InChI is InChI=1S/C19H16Cl3FN4O4S/c20-9-3-10(5-24-4-9)32-19-18(30)16(17(29)14(7-28)31-19)27-6-13(25-26-27)8-1-11(21)15(22)12(23)2-8/h1-6,14,16-19,28-30H,7H2/t14-,16+,17+,18-,19-/m1/s1. The maximum atomic E-state index is 14.0. The Bertz CT molecular complexity index is 1100. The highest BCUT2D eigenvalue weighted by Gasteiger charge is 2.46. The molecule has 0 saturated carbocycles. The molecule has 1 fully saturated rings. The van der Waals surface area contributed by atoms with Gasteiger partial charge in [0.2, 0.25) is 0 Å². The lowest BCUT2D eigenvalue weighted by atomic mass is 9.97. The maximum Gasteiger partial charge on any atom is 0.143 e. The van der Waals surface area contributed by atoms with E-state index in [-0.39, 0.29) is 15.7 Å². The van der Waals surface area contributed by atoms with E-state index < -0.39 is 42.2 Å². The van der Waals surface area contributed by atoms with Crippen molar-refractivity contribution in [3.8, 4) is 11.3 Å². The number of aromatic nitrogens is 4. The monoisotopic (exact) mass is 520 g/mol. The molecule has 1 aliphatic rings. The number of hydrogen-bond donors (Lipinski definition) is 3. The highest BCUT2D eigenvalue weighted by atomic mass is 35.5. The molecule has 1 saturated heterocycles. The highest BCUT2D eigenvalue weighted by molar-refractivity contribution is 7.99. The molecule has 8 nitrogen and oxygen atoms in total. The zero-order valence-corrected chi connectivity index (χ0v) is 19.1. The first-order chi connectivity index (χ1) is 15.3. The van der Waals surface area contributed by atoms with Gasteiger partial charge < -0.3 is 20.1 Å². The molecule has 170 valence electrons. The molecule has 3 heterocycles. The van der Waals surface area contributed by atoms with Crippen molar-refractivity contribution in [1.29, 1.82) is 0 Å². The first kappa shape index (κ1) is 23.7. The summed E-state index contributed by atoms with van der Waals surface area (Å²) >= 11 is 18.8. The molecule has 2 aromatic heterocycles. The minimum absolute atomic E-state index is 0.00860. The molecular weight excluding hydrogens is 506 g/mol. The van der Waals surface area contributed by atoms with E-state index in [9.17, 15) is 19.7 Å². The van der Waals surface area contributed by atoms with Gasteiger partial charge in [0.05, 0.1) is 27.9 Å². The van der Waals surface area contributed by atoms with Gasteiger partial charge in [0.15, 0.2) is 0 Å². The maximum absolute atomic E-state index is 14.0. The summed E-state index contributed by atoms with van der Waals surface area (Å²) in [6.07, 6.45) is 0.894. The summed E-state index contributed by atoms with van der Waals surface area (Å²) < 4.78 is 20.9. The van der Waals surface area contributed by atoms with Crippen LogP contribution in [0.4, 0.5) is 4.39 Å². The third kappa shape index (κ3) is 4.73. The van der Waals surface area contributed by atoms with Crippen LogP contribution < -0.4 is 0 Å². The van der Waals surface area contributed by atoms with Gasteiger partial charge in [-0.1, -0.05) is 51.8 Å². The third-order valence-corrected chi connectivity index (χ3v) is 6.98. The molecule has 0 radical (unpaired) electrons. The number of thioether (sulfide) groups is 1. The van der Waals surface area contributed by atoms with Crippen molar-refractivity contribution in [3.63, 3.8) is 0 Å². The summed E-state index contributed by atoms with van der Waals surface area (Å²) in [6, 6.07) is 3.22. The fourth-order valence-corrected chi connectivity index (χ4v) is 4.97. The zero-order valence-electron chi connectivity index (χ0n) is 16.0. The Balaban J connectivity index is 1.64. The van der Waals surface area contributed by atoms with Crippen LogP contribution in [-0.2, 0) is 4.74 Å². The van der Waals surface area contributed by atoms with Crippen LogP contribution in [0.1, 0.15) is 6.04 Å². The van der Waals surface area contributed by atoms with Crippen molar-refractivity contribution >= 4 is 46.6 Å². The average Bonchev–Trinajstić information content (AvgIpc) is 3.23. The first-order valence-corrected chi connectivity index (χ1v) is 11.3. The zero-order chi connectivity index (χ0) is 23.0. The second kappa shape index (κ2) is 9.78. The summed E-state index contributed by atoms with van der Waals surface area (Å²) in [7, 11) is 0. The van der Waals surface area contributed by atoms with Gasteiger partial charge in [0.1, 0.15) is 41.3 Å². The number of aliphatic hydroxyl groups is 3. The highest BCUT2D eigenvalue weighted by Crippen LogP contribution is 2.39. The van der Waals surface area contributed by atoms with Crippen molar-refractivity contribution < 1.29 is 24.4 Å². The minimum Gasteiger partial charge on any atom is -0.394 e. The van der Waals surface area contributed by atoms with E-state index in [1.807, 2.05) is 0 Å². The van der Waals surface area contributed by atoms with Gasteiger partial charge in [0, 0.05) is 22.9 Å². The summed E-state index contributed by atoms with van der Waals surface area (Å²) in [4.78, 5) is 4.62. The molecule has 4 rings (SSSR count). The predicted octanol–water partition coefficient (Wildman–Crippen LogP) is 3.21. The fourth-order valence-electron chi connectivity index (χ4n) is 3.33. The number of aliphatic hydroxyl groups excluding tert-OH is 3. The Kier molecular flexibility index (Phi) is 7.23. The van der Waals surface area contributed by atoms with E-state index in [1.54, 1.807) is 12.3 Å². The Morgan fingerprint density at radius 1 is 1.12 bits per heavy atom. The van der Waals surface area contributed by atoms with Crippen molar-refractivity contribution in [3.05, 3.63) is 57.7 Å². The fraction of sp³-hybridized carbons (Fsp3) is 0.316. The van der Waals surface area contributed by atoms with Crippen LogP contribution in [0.25, 0.3) is 11.3 Å². The van der Waals surface area contributed by atoms with Crippen molar-refractivity contribution in [1.82, 2.24) is 20.0 Å². The Hall–Kier alpha value is -1.50. The van der Waals surface area contributed by atoms with Gasteiger partial charge >= 0.3 is 0 Å². The molecule has 0 aliphatic carbocycles. The quantitative estimate of drug-likeness (QED) is 0.439. The van der Waals surface area contributed by atoms with Gasteiger partial charge in [-0.3, -0.25) is 4.98 Å². The number of hydrogen-bond acceptors (Lipinski definition) is 8. The Morgan fingerprint density at radius 3 is 2.59 bits per heavy atom. The molecule has 3 aromatic rings. The van der Waals surface area contributed by atoms with Crippen LogP contribution in [0.5, 0.6) is 0 Å². The number of ether oxygens (including phenoxy) is 1. The molecular formula is C19H16Cl3FN4O4S. The average molecular weight is 522 g/mol. The molecule has 0 unspecified atom stereocenters. The summed E-state index contributed by atoms with van der Waals surface area (Å²) in [5, 5.41) is 39.6. The molecule has 0 amide bonds. The van der Waals surface area contributed by atoms with Gasteiger partial charge in [-0.2, -0.15) is 0 Å². The second-order valence-corrected chi connectivity index (χ2v) is 9.38. The first-order valence-electron chi connectivity index (χ1n) is 9.25. The van der Waals surface area contributed by atoms with E-state index >= 15 is 0 Å². The minimum atomic E-state index is -1.30. The Labute approximate surface area is 200 Å². The molecule has 0 spiro atoms. The van der Waals surface area contributed by atoms with Crippen LogP contribution in [0, 0.1) is 5.82 Å². The van der Waals surface area contributed by atoms with Crippen molar-refractivity contribution in [2.75, 3.05) is 6.61 Å². The van der Waals surface area contributed by atoms with Crippen molar-refractivity contribution in [2.24, 2.45) is 0 Å². The summed E-state index contributed by atoms with van der Waals surface area (Å²) in [5.41, 5.74) is -0.318. The van der Waals surface area contributed by atoms with Crippen molar-refractivity contribution in [2.45, 2.75) is 34.7 Å². The van der Waals surface area contributed by atoms with Crippen LogP contribution in [0.15, 0.2) is 41.7 Å². The normalized spacial score (nSPS) is 25.8. The van der Waals surface area contributed by atoms with Crippen LogP contribution >= 0.6 is 46.6 Å². The predicted molar refractivity (Wildman–Crippen MR) is 117 cm³/mol. The number of rotatable bonds is 5. The SMILES string of the molecule is OC[C@H]1O[C@H](Sc2cncc(Cl)c2)[C@H](O)[C@@H](n2cc(-c3cc(F)c(Cl)c(Cl)c3)nn2)[C@H]1O. The number of nitrogens with zero attached hydrogens (tertiary/aromatic N) is 4. The lowest BCUT2D eigenvalue weighted by Gasteiger charge is -2.41. The van der Waals surface area contributed by atoms with E-state index in [4.69, 9.17) is 39.5 Å². The molecule has 32 heavy (non-hydrogen) atoms. The lowest BCUT2D eigenvalue weighted by Crippen LogP contribution is -2.55. The third-order valence-electron chi connectivity index (χ3n) is 4.88. The summed E-state index contributed by atoms with van der Waals surface area (Å²) in [5.74, 6) is -0.721. The largest absolute Gasteiger partial charge is 0.394 e. The number of halogens is 4. The van der Waals surface area contributed by atoms with E-state index in [2.05, 4.69) is 15.3 Å².